The van der Waals surface area contributed by atoms with Crippen LogP contribution in [-0.2, 0) is 6.54 Å². The van der Waals surface area contributed by atoms with Gasteiger partial charge in [-0.25, -0.2) is 9.97 Å². The lowest BCUT2D eigenvalue weighted by Crippen LogP contribution is -2.00. The van der Waals surface area contributed by atoms with Crippen LogP contribution in [0, 0.1) is 6.92 Å². The lowest BCUT2D eigenvalue weighted by Gasteiger charge is -2.03. The molecule has 0 aliphatic carbocycles. The molecule has 0 saturated heterocycles. The summed E-state index contributed by atoms with van der Waals surface area (Å²) < 4.78 is 2.19. The third kappa shape index (κ3) is 4.14. The number of imidazole rings is 2. The molecule has 0 spiro atoms. The van der Waals surface area contributed by atoms with Crippen LogP contribution >= 0.6 is 11.8 Å². The Morgan fingerprint density at radius 1 is 0.963 bits per heavy atom. The maximum atomic E-state index is 4.90. The molecule has 4 nitrogen and oxygen atoms in total. The van der Waals surface area contributed by atoms with Crippen molar-refractivity contribution < 1.29 is 0 Å². The standard InChI is InChI=1S/C22H22N4S/c1-17-23-13-15-26(17)14-8-16-27-22-24-20(18-9-4-2-5-10-18)21(25-22)19-11-6-3-7-12-19/h2-7,9-13,15H,8,14,16H2,1H3,(H,24,25). The Morgan fingerprint density at radius 2 is 1.67 bits per heavy atom. The van der Waals surface area contributed by atoms with Crippen molar-refractivity contribution in [2.45, 2.75) is 25.0 Å². The number of thioether (sulfide) groups is 1. The molecule has 136 valence electrons. The fourth-order valence-corrected chi connectivity index (χ4v) is 3.88. The molecule has 4 rings (SSSR count). The number of aromatic nitrogens is 4. The number of H-pyrrole nitrogens is 1. The number of nitrogens with zero attached hydrogens (tertiary/aromatic N) is 3. The predicted molar refractivity (Wildman–Crippen MR) is 112 cm³/mol. The van der Waals surface area contributed by atoms with Crippen molar-refractivity contribution in [2.75, 3.05) is 5.75 Å². The summed E-state index contributed by atoms with van der Waals surface area (Å²) in [6.45, 7) is 3.02. The molecule has 1 N–H and O–H groups in total. The maximum Gasteiger partial charge on any atom is 0.166 e. The Kier molecular flexibility index (Phi) is 5.39. The normalized spacial score (nSPS) is 11.0. The quantitative estimate of drug-likeness (QED) is 0.346. The largest absolute Gasteiger partial charge is 0.335 e. The molecule has 0 fully saturated rings. The summed E-state index contributed by atoms with van der Waals surface area (Å²) in [6.07, 6.45) is 4.96. The van der Waals surface area contributed by atoms with Crippen LogP contribution in [0.3, 0.4) is 0 Å². The zero-order chi connectivity index (χ0) is 18.5. The van der Waals surface area contributed by atoms with Gasteiger partial charge >= 0.3 is 0 Å². The highest BCUT2D eigenvalue weighted by molar-refractivity contribution is 7.99. The zero-order valence-corrected chi connectivity index (χ0v) is 16.1. The molecule has 2 aromatic heterocycles. The van der Waals surface area contributed by atoms with Gasteiger partial charge in [-0.2, -0.15) is 0 Å². The zero-order valence-electron chi connectivity index (χ0n) is 15.3. The first-order valence-electron chi connectivity index (χ1n) is 9.12. The molecular weight excluding hydrogens is 352 g/mol. The highest BCUT2D eigenvalue weighted by Crippen LogP contribution is 2.32. The molecule has 0 unspecified atom stereocenters. The molecule has 27 heavy (non-hydrogen) atoms. The minimum atomic E-state index is 0.968. The summed E-state index contributed by atoms with van der Waals surface area (Å²) in [5, 5.41) is 0.968. The Balaban J connectivity index is 1.52. The van der Waals surface area contributed by atoms with Gasteiger partial charge in [0.15, 0.2) is 5.16 Å². The monoisotopic (exact) mass is 374 g/mol. The molecule has 0 aliphatic rings. The predicted octanol–water partition coefficient (Wildman–Crippen LogP) is 5.43. The van der Waals surface area contributed by atoms with E-state index in [1.54, 1.807) is 11.8 Å². The van der Waals surface area contributed by atoms with Gasteiger partial charge < -0.3 is 9.55 Å². The molecule has 2 aromatic carbocycles. The summed E-state index contributed by atoms with van der Waals surface area (Å²) in [7, 11) is 0. The first-order valence-corrected chi connectivity index (χ1v) is 10.1. The van der Waals surface area contributed by atoms with Crippen LogP contribution in [0.5, 0.6) is 0 Å². The summed E-state index contributed by atoms with van der Waals surface area (Å²) in [4.78, 5) is 12.7. The second-order valence-electron chi connectivity index (χ2n) is 6.37. The minimum absolute atomic E-state index is 0.968. The number of benzene rings is 2. The van der Waals surface area contributed by atoms with Gasteiger partial charge in [-0.05, 0) is 13.3 Å². The summed E-state index contributed by atoms with van der Waals surface area (Å²) >= 11 is 1.77. The van der Waals surface area contributed by atoms with E-state index in [9.17, 15) is 0 Å². The van der Waals surface area contributed by atoms with Gasteiger partial charge in [-0.3, -0.25) is 0 Å². The fraction of sp³-hybridized carbons (Fsp3) is 0.182. The first kappa shape index (κ1) is 17.6. The van der Waals surface area contributed by atoms with Crippen LogP contribution in [-0.4, -0.2) is 25.3 Å². The van der Waals surface area contributed by atoms with E-state index in [2.05, 4.69) is 63.1 Å². The van der Waals surface area contributed by atoms with Crippen molar-refractivity contribution >= 4 is 11.8 Å². The van der Waals surface area contributed by atoms with E-state index in [1.165, 1.54) is 0 Å². The average molecular weight is 375 g/mol. The van der Waals surface area contributed by atoms with E-state index < -0.39 is 0 Å². The molecule has 0 aliphatic heterocycles. The molecule has 0 radical (unpaired) electrons. The van der Waals surface area contributed by atoms with Crippen molar-refractivity contribution in [3.63, 3.8) is 0 Å². The van der Waals surface area contributed by atoms with E-state index in [0.717, 1.165) is 52.2 Å². The third-order valence-electron chi connectivity index (χ3n) is 4.50. The van der Waals surface area contributed by atoms with Crippen molar-refractivity contribution in [3.8, 4) is 22.5 Å². The molecule has 4 aromatic rings. The van der Waals surface area contributed by atoms with Crippen molar-refractivity contribution in [1.29, 1.82) is 0 Å². The topological polar surface area (TPSA) is 46.5 Å². The van der Waals surface area contributed by atoms with Crippen molar-refractivity contribution in [1.82, 2.24) is 19.5 Å². The number of aromatic amines is 1. The van der Waals surface area contributed by atoms with Gasteiger partial charge in [-0.1, -0.05) is 72.4 Å². The van der Waals surface area contributed by atoms with Crippen LogP contribution in [0.1, 0.15) is 12.2 Å². The molecule has 5 heteroatoms. The number of nitrogens with one attached hydrogen (secondary N) is 1. The van der Waals surface area contributed by atoms with E-state index in [0.29, 0.717) is 0 Å². The number of hydrogen-bond donors (Lipinski definition) is 1. The molecule has 2 heterocycles. The highest BCUT2D eigenvalue weighted by Gasteiger charge is 2.14. The highest BCUT2D eigenvalue weighted by atomic mass is 32.2. The Morgan fingerprint density at radius 3 is 2.33 bits per heavy atom. The smallest absolute Gasteiger partial charge is 0.166 e. The maximum absolute atomic E-state index is 4.90. The molecule has 0 saturated carbocycles. The summed E-state index contributed by atoms with van der Waals surface area (Å²) in [6, 6.07) is 20.8. The van der Waals surface area contributed by atoms with Gasteiger partial charge in [0, 0.05) is 35.8 Å². The Labute approximate surface area is 163 Å². The number of aryl methyl sites for hydroxylation is 2. The minimum Gasteiger partial charge on any atom is -0.335 e. The van der Waals surface area contributed by atoms with Gasteiger partial charge in [-0.15, -0.1) is 0 Å². The van der Waals surface area contributed by atoms with Crippen molar-refractivity contribution in [2.24, 2.45) is 0 Å². The van der Waals surface area contributed by atoms with E-state index >= 15 is 0 Å². The molecule has 0 atom stereocenters. The second kappa shape index (κ2) is 8.27. The first-order chi connectivity index (χ1) is 13.3. The third-order valence-corrected chi connectivity index (χ3v) is 5.46. The lowest BCUT2D eigenvalue weighted by molar-refractivity contribution is 0.662. The lowest BCUT2D eigenvalue weighted by atomic mass is 10.1. The Hall–Kier alpha value is -2.79. The van der Waals surface area contributed by atoms with Crippen LogP contribution in [0.4, 0.5) is 0 Å². The van der Waals surface area contributed by atoms with E-state index in [-0.39, 0.29) is 0 Å². The van der Waals surface area contributed by atoms with Crippen LogP contribution in [0.15, 0.2) is 78.2 Å². The van der Waals surface area contributed by atoms with Gasteiger partial charge in [0.2, 0.25) is 0 Å². The molecule has 0 bridgehead atoms. The van der Waals surface area contributed by atoms with Gasteiger partial charge in [0.25, 0.3) is 0 Å². The van der Waals surface area contributed by atoms with Crippen LogP contribution < -0.4 is 0 Å². The van der Waals surface area contributed by atoms with E-state index in [4.69, 9.17) is 4.98 Å². The van der Waals surface area contributed by atoms with Gasteiger partial charge in [0.1, 0.15) is 5.82 Å². The molecule has 0 amide bonds. The average Bonchev–Trinajstić information content (AvgIpc) is 3.33. The van der Waals surface area contributed by atoms with Crippen LogP contribution in [0.25, 0.3) is 22.5 Å². The van der Waals surface area contributed by atoms with Crippen LogP contribution in [0.2, 0.25) is 0 Å². The van der Waals surface area contributed by atoms with E-state index in [1.807, 2.05) is 31.5 Å². The van der Waals surface area contributed by atoms with Gasteiger partial charge in [0.05, 0.1) is 11.4 Å². The number of rotatable bonds is 7. The fourth-order valence-electron chi connectivity index (χ4n) is 3.08. The summed E-state index contributed by atoms with van der Waals surface area (Å²) in [5.74, 6) is 2.07. The Bertz CT molecular complexity index is 933. The van der Waals surface area contributed by atoms with Crippen molar-refractivity contribution in [3.05, 3.63) is 78.9 Å². The SMILES string of the molecule is Cc1nccn1CCCSc1nc(-c2ccccc2)c(-c2ccccc2)[nH]1. The summed E-state index contributed by atoms with van der Waals surface area (Å²) in [5.41, 5.74) is 4.38. The molecular formula is C22H22N4S. The number of hydrogen-bond acceptors (Lipinski definition) is 3. The second-order valence-corrected chi connectivity index (χ2v) is 7.45.